The van der Waals surface area contributed by atoms with Gasteiger partial charge in [-0.25, -0.2) is 4.98 Å². The fourth-order valence-corrected chi connectivity index (χ4v) is 8.39. The van der Waals surface area contributed by atoms with Crippen LogP contribution in [0.1, 0.15) is 47.6 Å². The Kier molecular flexibility index (Phi) is 5.03. The molecule has 3 aliphatic carbocycles. The normalized spacial score (nSPS) is 32.4. The summed E-state index contributed by atoms with van der Waals surface area (Å²) in [6.45, 7) is 0.474. The first-order valence-electron chi connectivity index (χ1n) is 11.4. The number of nitrogens with one attached hydrogen (secondary N) is 2. The molecule has 4 N–H and O–H groups in total. The highest BCUT2D eigenvalue weighted by molar-refractivity contribution is 7.97. The van der Waals surface area contributed by atoms with Crippen molar-refractivity contribution < 1.29 is 19.4 Å². The Morgan fingerprint density at radius 3 is 2.94 bits per heavy atom. The van der Waals surface area contributed by atoms with E-state index in [2.05, 4.69) is 15.0 Å². The fraction of sp³-hybridized carbons (Fsp3) is 0.522. The Morgan fingerprint density at radius 2 is 2.26 bits per heavy atom. The Hall–Kier alpha value is -2.16. The summed E-state index contributed by atoms with van der Waals surface area (Å²) < 4.78 is 19.2. The molecule has 0 saturated heterocycles. The number of amides is 1. The molecule has 178 valence electrons. The average molecular weight is 504 g/mol. The Morgan fingerprint density at radius 1 is 1.44 bits per heavy atom. The number of fused-ring (bicyclic) bond motifs is 1. The number of hydrogen-bond acceptors (Lipinski definition) is 7. The number of nitrogens with zero attached hydrogens (tertiary/aromatic N) is 3. The van der Waals surface area contributed by atoms with Crippen molar-refractivity contribution >= 4 is 35.1 Å². The van der Waals surface area contributed by atoms with E-state index in [0.717, 1.165) is 42.3 Å². The maximum absolute atomic E-state index is 13.7. The van der Waals surface area contributed by atoms with Crippen molar-refractivity contribution in [2.45, 2.75) is 55.2 Å². The van der Waals surface area contributed by atoms with Crippen LogP contribution in [0.2, 0.25) is 5.02 Å². The highest BCUT2D eigenvalue weighted by Gasteiger charge is 2.81. The zero-order valence-electron chi connectivity index (χ0n) is 18.1. The lowest BCUT2D eigenvalue weighted by atomic mass is 9.26. The van der Waals surface area contributed by atoms with Crippen LogP contribution in [0, 0.1) is 34.5 Å². The molecule has 8 nitrogen and oxygen atoms in total. The molecule has 11 heteroatoms. The fourth-order valence-electron chi connectivity index (χ4n) is 6.88. The second-order valence-corrected chi connectivity index (χ2v) is 11.0. The van der Waals surface area contributed by atoms with Gasteiger partial charge in [0.1, 0.15) is 17.5 Å². The molecular weight excluding hydrogens is 481 g/mol. The van der Waals surface area contributed by atoms with E-state index in [-0.39, 0.29) is 29.4 Å². The summed E-state index contributed by atoms with van der Waals surface area (Å²) >= 11 is 8.15. The minimum atomic E-state index is -0.943. The first-order valence-corrected chi connectivity index (χ1v) is 12.6. The molecule has 34 heavy (non-hydrogen) atoms. The molecule has 1 spiro atoms. The summed E-state index contributed by atoms with van der Waals surface area (Å²) in [4.78, 5) is 17.4. The molecule has 5 atom stereocenters. The molecule has 0 bridgehead atoms. The van der Waals surface area contributed by atoms with E-state index < -0.39 is 17.5 Å². The molecule has 1 aliphatic heterocycles. The van der Waals surface area contributed by atoms with E-state index in [1.165, 1.54) is 18.0 Å². The lowest BCUT2D eigenvalue weighted by Crippen LogP contribution is -2.86. The van der Waals surface area contributed by atoms with Gasteiger partial charge in [0.25, 0.3) is 5.91 Å². The standard InChI is InChI=1S/C23H23ClFN5O3S/c24-17-19(21(32)28-11-6-12(9-26)27-16(25)7-11)30-5-1-2-15(30)20(17)34-29-18-13-3-4-23(13)14(18)8-22(23,33)10-31/h6-7,13-14,18,29,31,33H,1-5,8,10H2,(H,27,28,32). The van der Waals surface area contributed by atoms with Crippen LogP contribution in [-0.2, 0) is 13.0 Å². The van der Waals surface area contributed by atoms with E-state index in [1.807, 2.05) is 4.57 Å². The average Bonchev–Trinajstić information content (AvgIpc) is 3.33. The lowest BCUT2D eigenvalue weighted by Gasteiger charge is -2.81. The van der Waals surface area contributed by atoms with Crippen molar-refractivity contribution in [2.24, 2.45) is 17.3 Å². The third-order valence-electron chi connectivity index (χ3n) is 8.48. The van der Waals surface area contributed by atoms with Gasteiger partial charge in [-0.2, -0.15) is 9.65 Å². The molecule has 2 aromatic heterocycles. The SMILES string of the molecule is N#Cc1cc(NC(=O)c2c(Cl)c(SNC3C4CCC45C3CC5(O)CO)c3n2CCC3)cc(F)n1. The second kappa shape index (κ2) is 7.67. The number of aliphatic hydroxyl groups is 2. The number of hydrogen-bond donors (Lipinski definition) is 4. The smallest absolute Gasteiger partial charge is 0.273 e. The maximum Gasteiger partial charge on any atom is 0.273 e. The Bertz CT molecular complexity index is 1260. The summed E-state index contributed by atoms with van der Waals surface area (Å²) in [5.74, 6) is -0.644. The third kappa shape index (κ3) is 2.82. The number of nitriles is 1. The van der Waals surface area contributed by atoms with Gasteiger partial charge in [-0.3, -0.25) is 9.52 Å². The molecule has 4 aliphatic rings. The van der Waals surface area contributed by atoms with Crippen molar-refractivity contribution in [3.05, 3.63) is 40.2 Å². The molecular formula is C23H23ClFN5O3S. The molecule has 0 aromatic carbocycles. The van der Waals surface area contributed by atoms with Crippen LogP contribution < -0.4 is 10.0 Å². The van der Waals surface area contributed by atoms with Crippen molar-refractivity contribution in [1.82, 2.24) is 14.3 Å². The van der Waals surface area contributed by atoms with Gasteiger partial charge in [-0.15, -0.1) is 0 Å². The van der Waals surface area contributed by atoms with Crippen LogP contribution in [0.5, 0.6) is 0 Å². The summed E-state index contributed by atoms with van der Waals surface area (Å²) in [5.41, 5.74) is 0.244. The highest BCUT2D eigenvalue weighted by Crippen LogP contribution is 2.78. The van der Waals surface area contributed by atoms with Gasteiger partial charge in [0.15, 0.2) is 0 Å². The van der Waals surface area contributed by atoms with Crippen LogP contribution >= 0.6 is 23.5 Å². The Balaban J connectivity index is 1.21. The third-order valence-corrected chi connectivity index (χ3v) is 10.00. The van der Waals surface area contributed by atoms with E-state index in [0.29, 0.717) is 35.5 Å². The van der Waals surface area contributed by atoms with Crippen molar-refractivity contribution in [1.29, 1.82) is 5.26 Å². The topological polar surface area (TPSA) is 123 Å². The molecule has 3 heterocycles. The van der Waals surface area contributed by atoms with Gasteiger partial charge in [0.2, 0.25) is 5.95 Å². The number of carbonyl (C=O) groups excluding carboxylic acids is 1. The predicted octanol–water partition coefficient (Wildman–Crippen LogP) is 2.86. The first kappa shape index (κ1) is 22.3. The van der Waals surface area contributed by atoms with Crippen LogP contribution in [-0.4, -0.2) is 43.9 Å². The van der Waals surface area contributed by atoms with Crippen molar-refractivity contribution in [3.63, 3.8) is 0 Å². The summed E-state index contributed by atoms with van der Waals surface area (Å²) in [5, 5.41) is 32.4. The molecule has 3 fully saturated rings. The van der Waals surface area contributed by atoms with Gasteiger partial charge >= 0.3 is 0 Å². The minimum absolute atomic E-state index is 0.126. The van der Waals surface area contributed by atoms with Crippen LogP contribution in [0.25, 0.3) is 0 Å². The number of anilines is 1. The van der Waals surface area contributed by atoms with E-state index in [4.69, 9.17) is 16.9 Å². The zero-order valence-corrected chi connectivity index (χ0v) is 19.7. The van der Waals surface area contributed by atoms with Gasteiger partial charge in [-0.05, 0) is 62.0 Å². The van der Waals surface area contributed by atoms with Gasteiger partial charge < -0.3 is 20.1 Å². The molecule has 6 rings (SSSR count). The van der Waals surface area contributed by atoms with E-state index >= 15 is 0 Å². The quantitative estimate of drug-likeness (QED) is 0.353. The molecule has 2 aromatic rings. The monoisotopic (exact) mass is 503 g/mol. The van der Waals surface area contributed by atoms with Crippen molar-refractivity contribution in [3.8, 4) is 6.07 Å². The van der Waals surface area contributed by atoms with E-state index in [9.17, 15) is 19.4 Å². The lowest BCUT2D eigenvalue weighted by molar-refractivity contribution is -0.365. The number of rotatable bonds is 6. The molecule has 0 radical (unpaired) electrons. The number of pyridine rings is 1. The van der Waals surface area contributed by atoms with Gasteiger partial charge in [0.05, 0.1) is 22.1 Å². The predicted molar refractivity (Wildman–Crippen MR) is 123 cm³/mol. The number of aromatic nitrogens is 2. The summed E-state index contributed by atoms with van der Waals surface area (Å²) in [6, 6.07) is 4.38. The number of carbonyl (C=O) groups is 1. The number of halogens is 2. The Labute approximate surface area is 204 Å². The molecule has 3 saturated carbocycles. The molecule has 1 amide bonds. The second-order valence-electron chi connectivity index (χ2n) is 9.75. The summed E-state index contributed by atoms with van der Waals surface area (Å²) in [7, 11) is 0. The molecule has 5 unspecified atom stereocenters. The van der Waals surface area contributed by atoms with Crippen LogP contribution in [0.3, 0.4) is 0 Å². The zero-order chi connectivity index (χ0) is 23.8. The summed E-state index contributed by atoms with van der Waals surface area (Å²) in [6.07, 6.45) is 4.27. The maximum atomic E-state index is 13.7. The minimum Gasteiger partial charge on any atom is -0.393 e. The van der Waals surface area contributed by atoms with Crippen LogP contribution in [0.15, 0.2) is 17.0 Å². The van der Waals surface area contributed by atoms with Crippen molar-refractivity contribution in [2.75, 3.05) is 11.9 Å². The van der Waals surface area contributed by atoms with Gasteiger partial charge in [0, 0.05) is 35.4 Å². The van der Waals surface area contributed by atoms with Crippen LogP contribution in [0.4, 0.5) is 10.1 Å². The van der Waals surface area contributed by atoms with E-state index in [1.54, 1.807) is 6.07 Å². The highest BCUT2D eigenvalue weighted by atomic mass is 35.5. The van der Waals surface area contributed by atoms with Gasteiger partial charge in [-0.1, -0.05) is 11.6 Å². The first-order chi connectivity index (χ1) is 16.3. The largest absolute Gasteiger partial charge is 0.393 e. The number of aliphatic hydroxyl groups excluding tert-OH is 1.